The average molecular weight is 296 g/mol. The van der Waals surface area contributed by atoms with E-state index in [1.54, 1.807) is 12.4 Å². The summed E-state index contributed by atoms with van der Waals surface area (Å²) in [5, 5.41) is 0. The van der Waals surface area contributed by atoms with E-state index in [1.165, 1.54) is 25.3 Å². The molecule has 2 rings (SSSR count). The minimum absolute atomic E-state index is 0.0356. The minimum Gasteiger partial charge on any atom is -0.465 e. The van der Waals surface area contributed by atoms with Crippen LogP contribution in [0.15, 0.2) is 29.2 Å². The van der Waals surface area contributed by atoms with Gasteiger partial charge in [-0.2, -0.15) is 4.31 Å². The number of carbonyl (C=O) groups excluding carboxylic acids is 2. The van der Waals surface area contributed by atoms with Crippen LogP contribution in [-0.2, 0) is 19.6 Å². The molecule has 1 saturated heterocycles. The third-order valence-corrected chi connectivity index (χ3v) is 5.19. The molecule has 1 aliphatic heterocycles. The van der Waals surface area contributed by atoms with Gasteiger partial charge in [-0.05, 0) is 25.0 Å². The van der Waals surface area contributed by atoms with Crippen molar-refractivity contribution in [2.75, 3.05) is 13.7 Å². The van der Waals surface area contributed by atoms with Gasteiger partial charge in [0.1, 0.15) is 0 Å². The Balaban J connectivity index is 2.50. The molecule has 0 spiro atoms. The zero-order chi connectivity index (χ0) is 14.8. The molecule has 0 unspecified atom stereocenters. The molecule has 1 heterocycles. The number of sulfonamides is 1. The normalized spacial score (nSPS) is 19.8. The molecule has 0 saturated carbocycles. The SMILES string of the molecule is COC(=O)c1ccccc1S(=O)(=O)N1CCC[C@H]1[C]=O. The summed E-state index contributed by atoms with van der Waals surface area (Å²) in [6.45, 7) is 0.248. The average Bonchev–Trinajstić information content (AvgIpc) is 2.95. The van der Waals surface area contributed by atoms with E-state index in [-0.39, 0.29) is 17.0 Å². The Morgan fingerprint density at radius 2 is 2.10 bits per heavy atom. The van der Waals surface area contributed by atoms with Crippen LogP contribution in [0.4, 0.5) is 0 Å². The largest absolute Gasteiger partial charge is 0.465 e. The fourth-order valence-electron chi connectivity index (χ4n) is 2.24. The number of hydrogen-bond acceptors (Lipinski definition) is 5. The summed E-state index contributed by atoms with van der Waals surface area (Å²) in [4.78, 5) is 22.4. The summed E-state index contributed by atoms with van der Waals surface area (Å²) in [5.74, 6) is -0.727. The number of nitrogens with zero attached hydrogens (tertiary/aromatic N) is 1. The maximum atomic E-state index is 12.6. The van der Waals surface area contributed by atoms with Gasteiger partial charge in [-0.25, -0.2) is 13.2 Å². The molecule has 7 heteroatoms. The first-order valence-corrected chi connectivity index (χ1v) is 7.53. The van der Waals surface area contributed by atoms with Gasteiger partial charge in [0.05, 0.1) is 23.6 Å². The highest BCUT2D eigenvalue weighted by molar-refractivity contribution is 7.89. The molecule has 1 aromatic rings. The zero-order valence-corrected chi connectivity index (χ0v) is 11.7. The van der Waals surface area contributed by atoms with Gasteiger partial charge in [-0.3, -0.25) is 4.79 Å². The second-order valence-electron chi connectivity index (χ2n) is 4.38. The molecule has 1 atom stereocenters. The smallest absolute Gasteiger partial charge is 0.339 e. The predicted molar refractivity (Wildman–Crippen MR) is 70.4 cm³/mol. The van der Waals surface area contributed by atoms with Crippen LogP contribution in [0.1, 0.15) is 23.2 Å². The Hall–Kier alpha value is -1.73. The number of benzene rings is 1. The van der Waals surface area contributed by atoms with Gasteiger partial charge in [0.25, 0.3) is 0 Å². The number of rotatable bonds is 4. The van der Waals surface area contributed by atoms with Crippen LogP contribution in [0.25, 0.3) is 0 Å². The van der Waals surface area contributed by atoms with E-state index < -0.39 is 22.0 Å². The third-order valence-electron chi connectivity index (χ3n) is 3.22. The molecule has 0 amide bonds. The number of methoxy groups -OCH3 is 1. The Bertz CT molecular complexity index is 625. The first kappa shape index (κ1) is 14.7. The molecule has 0 aromatic heterocycles. The topological polar surface area (TPSA) is 80.8 Å². The number of esters is 1. The monoisotopic (exact) mass is 296 g/mol. The Labute approximate surface area is 117 Å². The highest BCUT2D eigenvalue weighted by atomic mass is 32.2. The van der Waals surface area contributed by atoms with Gasteiger partial charge in [0, 0.05) is 6.54 Å². The standard InChI is InChI=1S/C13H14NO5S/c1-19-13(16)11-6-2-3-7-12(11)20(17,18)14-8-4-5-10(14)9-15/h2-3,6-7,10H,4-5,8H2,1H3/t10-/m0/s1. The highest BCUT2D eigenvalue weighted by Crippen LogP contribution is 2.27. The lowest BCUT2D eigenvalue weighted by Crippen LogP contribution is -2.37. The van der Waals surface area contributed by atoms with Crippen molar-refractivity contribution in [3.8, 4) is 0 Å². The van der Waals surface area contributed by atoms with Crippen molar-refractivity contribution in [2.24, 2.45) is 0 Å². The van der Waals surface area contributed by atoms with Gasteiger partial charge in [0.15, 0.2) is 0 Å². The molecule has 107 valence electrons. The molecule has 1 aromatic carbocycles. The van der Waals surface area contributed by atoms with Crippen LogP contribution in [0, 0.1) is 0 Å². The lowest BCUT2D eigenvalue weighted by atomic mass is 10.2. The molecule has 1 aliphatic rings. The van der Waals surface area contributed by atoms with Crippen LogP contribution in [-0.4, -0.2) is 44.7 Å². The van der Waals surface area contributed by atoms with Crippen molar-refractivity contribution in [1.29, 1.82) is 0 Å². The van der Waals surface area contributed by atoms with Crippen molar-refractivity contribution >= 4 is 22.3 Å². The van der Waals surface area contributed by atoms with Gasteiger partial charge in [-0.1, -0.05) is 12.1 Å². The third kappa shape index (κ3) is 2.46. The van der Waals surface area contributed by atoms with Crippen LogP contribution in [0.3, 0.4) is 0 Å². The van der Waals surface area contributed by atoms with Gasteiger partial charge < -0.3 is 4.74 Å². The maximum Gasteiger partial charge on any atom is 0.339 e. The second kappa shape index (κ2) is 5.72. The first-order valence-electron chi connectivity index (χ1n) is 6.09. The Morgan fingerprint density at radius 1 is 1.40 bits per heavy atom. The number of hydrogen-bond donors (Lipinski definition) is 0. The summed E-state index contributed by atoms with van der Waals surface area (Å²) >= 11 is 0. The summed E-state index contributed by atoms with van der Waals surface area (Å²) in [5.41, 5.74) is -0.0356. The van der Waals surface area contributed by atoms with Crippen molar-refractivity contribution < 1.29 is 22.7 Å². The van der Waals surface area contributed by atoms with E-state index in [0.717, 1.165) is 4.31 Å². The van der Waals surface area contributed by atoms with Crippen LogP contribution < -0.4 is 0 Å². The van der Waals surface area contributed by atoms with E-state index in [2.05, 4.69) is 4.74 Å². The van der Waals surface area contributed by atoms with E-state index in [4.69, 9.17) is 0 Å². The molecule has 0 N–H and O–H groups in total. The van der Waals surface area contributed by atoms with Crippen molar-refractivity contribution in [1.82, 2.24) is 4.31 Å². The summed E-state index contributed by atoms with van der Waals surface area (Å²) in [7, 11) is -2.73. The molecule has 0 bridgehead atoms. The Kier molecular flexibility index (Phi) is 4.20. The van der Waals surface area contributed by atoms with Crippen molar-refractivity contribution in [2.45, 2.75) is 23.8 Å². The summed E-state index contributed by atoms with van der Waals surface area (Å²) in [6, 6.07) is 5.01. The van der Waals surface area contributed by atoms with Crippen molar-refractivity contribution in [3.05, 3.63) is 29.8 Å². The van der Waals surface area contributed by atoms with Gasteiger partial charge in [0.2, 0.25) is 16.3 Å². The van der Waals surface area contributed by atoms with Crippen LogP contribution in [0.2, 0.25) is 0 Å². The zero-order valence-electron chi connectivity index (χ0n) is 10.9. The number of ether oxygens (including phenoxy) is 1. The first-order chi connectivity index (χ1) is 9.52. The molecule has 20 heavy (non-hydrogen) atoms. The van der Waals surface area contributed by atoms with E-state index in [1.807, 2.05) is 0 Å². The van der Waals surface area contributed by atoms with E-state index >= 15 is 0 Å². The quantitative estimate of drug-likeness (QED) is 0.765. The highest BCUT2D eigenvalue weighted by Gasteiger charge is 2.37. The molecule has 1 radical (unpaired) electrons. The molecular formula is C13H14NO5S. The fourth-order valence-corrected chi connectivity index (χ4v) is 4.03. The van der Waals surface area contributed by atoms with E-state index in [0.29, 0.717) is 12.8 Å². The van der Waals surface area contributed by atoms with Crippen LogP contribution >= 0.6 is 0 Å². The molecule has 0 aliphatic carbocycles. The van der Waals surface area contributed by atoms with Gasteiger partial charge >= 0.3 is 5.97 Å². The summed E-state index contributed by atoms with van der Waals surface area (Å²) in [6.07, 6.45) is 2.78. The lowest BCUT2D eigenvalue weighted by Gasteiger charge is -2.20. The fraction of sp³-hybridized carbons (Fsp3) is 0.385. The van der Waals surface area contributed by atoms with E-state index in [9.17, 15) is 18.0 Å². The van der Waals surface area contributed by atoms with Crippen LogP contribution in [0.5, 0.6) is 0 Å². The molecule has 1 fully saturated rings. The van der Waals surface area contributed by atoms with Gasteiger partial charge in [-0.15, -0.1) is 0 Å². The molecule has 6 nitrogen and oxygen atoms in total. The number of carbonyl (C=O) groups is 1. The molecular weight excluding hydrogens is 282 g/mol. The predicted octanol–water partition coefficient (Wildman–Crippen LogP) is 0.736. The lowest BCUT2D eigenvalue weighted by molar-refractivity contribution is 0.0596. The van der Waals surface area contributed by atoms with Crippen molar-refractivity contribution in [3.63, 3.8) is 0 Å². The second-order valence-corrected chi connectivity index (χ2v) is 6.24. The Morgan fingerprint density at radius 3 is 2.75 bits per heavy atom. The minimum atomic E-state index is -3.92. The summed E-state index contributed by atoms with van der Waals surface area (Å²) < 4.78 is 30.8. The maximum absolute atomic E-state index is 12.6.